The van der Waals surface area contributed by atoms with Crippen molar-refractivity contribution >= 4 is 17.5 Å². The van der Waals surface area contributed by atoms with E-state index in [-0.39, 0.29) is 42.3 Å². The first-order chi connectivity index (χ1) is 20.4. The summed E-state index contributed by atoms with van der Waals surface area (Å²) in [4.78, 5) is 45.1. The zero-order valence-corrected chi connectivity index (χ0v) is 25.0. The van der Waals surface area contributed by atoms with Crippen molar-refractivity contribution in [2.24, 2.45) is 11.8 Å². The van der Waals surface area contributed by atoms with Crippen LogP contribution < -0.4 is 10.1 Å². The molecule has 2 atom stereocenters. The molecule has 2 aromatic rings. The summed E-state index contributed by atoms with van der Waals surface area (Å²) in [6.07, 6.45) is 11.1. The van der Waals surface area contributed by atoms with Crippen LogP contribution in [0.4, 0.5) is 4.39 Å². The molecule has 228 valence electrons. The van der Waals surface area contributed by atoms with Gasteiger partial charge in [-0.2, -0.15) is 0 Å². The zero-order chi connectivity index (χ0) is 29.7. The lowest BCUT2D eigenvalue weighted by Crippen LogP contribution is -2.42. The first-order valence-corrected chi connectivity index (χ1v) is 15.6. The number of piperidine rings is 2. The van der Waals surface area contributed by atoms with Gasteiger partial charge in [-0.1, -0.05) is 18.2 Å². The Hall–Kier alpha value is -3.13. The molecule has 2 saturated heterocycles. The van der Waals surface area contributed by atoms with E-state index >= 15 is 0 Å². The number of aromatic nitrogens is 1. The number of aryl methyl sites for hydroxylation is 2. The SMILES string of the molecule is CC(=O)C[C@H](CC(=O)[C@@H]1CCCN(C(=O)CCC2CCNCC2)C1)c1cncc(CCc2ccc(OCCF)cc2)c1. The van der Waals surface area contributed by atoms with E-state index in [0.717, 1.165) is 81.3 Å². The van der Waals surface area contributed by atoms with Gasteiger partial charge in [-0.05, 0) is 106 Å². The highest BCUT2D eigenvalue weighted by Gasteiger charge is 2.30. The van der Waals surface area contributed by atoms with Crippen LogP contribution in [-0.4, -0.2) is 66.8 Å². The fourth-order valence-electron chi connectivity index (χ4n) is 6.25. The highest BCUT2D eigenvalue weighted by atomic mass is 19.1. The van der Waals surface area contributed by atoms with Gasteiger partial charge in [-0.25, -0.2) is 4.39 Å². The van der Waals surface area contributed by atoms with E-state index in [1.165, 1.54) is 0 Å². The molecule has 1 amide bonds. The van der Waals surface area contributed by atoms with Gasteiger partial charge in [0, 0.05) is 50.7 Å². The standard InChI is InChI=1S/C34H46FN3O4/c1-25(39)19-30(31-20-28(22-37-23-31)5-4-26-6-9-32(10-7-26)42-18-14-35)21-33(40)29-3-2-17-38(24-29)34(41)11-8-27-12-15-36-16-13-27/h6-7,9-10,20,22-23,27,29-30,36H,2-5,8,11-19,21,24H2,1H3/t29-,30-/m1/s1. The van der Waals surface area contributed by atoms with Crippen LogP contribution in [0.25, 0.3) is 0 Å². The van der Waals surface area contributed by atoms with Crippen LogP contribution in [-0.2, 0) is 27.2 Å². The maximum absolute atomic E-state index is 13.5. The molecular formula is C34H46FN3O4. The first kappa shape index (κ1) is 31.8. The average molecular weight is 580 g/mol. The molecule has 2 fully saturated rings. The van der Waals surface area contributed by atoms with Crippen LogP contribution in [0.2, 0.25) is 0 Å². The van der Waals surface area contributed by atoms with Crippen molar-refractivity contribution in [1.82, 2.24) is 15.2 Å². The molecule has 3 heterocycles. The number of ether oxygens (including phenoxy) is 1. The van der Waals surface area contributed by atoms with Crippen LogP contribution in [0.3, 0.4) is 0 Å². The van der Waals surface area contributed by atoms with Crippen molar-refractivity contribution < 1.29 is 23.5 Å². The quantitative estimate of drug-likeness (QED) is 0.310. The maximum atomic E-state index is 13.5. The molecule has 8 heteroatoms. The number of carbonyl (C=O) groups is 3. The Balaban J connectivity index is 1.32. The van der Waals surface area contributed by atoms with E-state index in [9.17, 15) is 18.8 Å². The second-order valence-electron chi connectivity index (χ2n) is 12.0. The number of pyridine rings is 1. The molecule has 1 N–H and O–H groups in total. The summed E-state index contributed by atoms with van der Waals surface area (Å²) in [6, 6.07) is 9.73. The molecule has 4 rings (SSSR count). The Morgan fingerprint density at radius 3 is 2.55 bits per heavy atom. The molecule has 2 aliphatic heterocycles. The number of carbonyl (C=O) groups excluding carboxylic acids is 3. The number of rotatable bonds is 15. The van der Waals surface area contributed by atoms with E-state index in [0.29, 0.717) is 31.1 Å². The van der Waals surface area contributed by atoms with Gasteiger partial charge in [0.25, 0.3) is 0 Å². The number of hydrogen-bond donors (Lipinski definition) is 1. The van der Waals surface area contributed by atoms with Gasteiger partial charge in [0.05, 0.1) is 0 Å². The van der Waals surface area contributed by atoms with Crippen LogP contribution in [0.15, 0.2) is 42.7 Å². The summed E-state index contributed by atoms with van der Waals surface area (Å²) >= 11 is 0. The molecule has 7 nitrogen and oxygen atoms in total. The van der Waals surface area contributed by atoms with Gasteiger partial charge in [0.15, 0.2) is 0 Å². The molecule has 0 bridgehead atoms. The molecule has 0 unspecified atom stereocenters. The second-order valence-corrected chi connectivity index (χ2v) is 12.0. The predicted molar refractivity (Wildman–Crippen MR) is 161 cm³/mol. The molecule has 0 aliphatic carbocycles. The number of hydrogen-bond acceptors (Lipinski definition) is 6. The highest BCUT2D eigenvalue weighted by molar-refractivity contribution is 5.85. The third kappa shape index (κ3) is 10.0. The lowest BCUT2D eigenvalue weighted by atomic mass is 9.83. The minimum Gasteiger partial charge on any atom is -0.491 e. The van der Waals surface area contributed by atoms with Crippen molar-refractivity contribution in [2.45, 2.75) is 77.0 Å². The number of benzene rings is 1. The Morgan fingerprint density at radius 2 is 1.81 bits per heavy atom. The van der Waals surface area contributed by atoms with Crippen molar-refractivity contribution in [3.63, 3.8) is 0 Å². The minimum atomic E-state index is -0.515. The van der Waals surface area contributed by atoms with E-state index < -0.39 is 6.67 Å². The van der Waals surface area contributed by atoms with Crippen LogP contribution in [0.1, 0.15) is 80.9 Å². The summed E-state index contributed by atoms with van der Waals surface area (Å²) in [5.41, 5.74) is 3.10. The van der Waals surface area contributed by atoms with Gasteiger partial charge in [0.2, 0.25) is 5.91 Å². The smallest absolute Gasteiger partial charge is 0.222 e. The van der Waals surface area contributed by atoms with Crippen LogP contribution in [0.5, 0.6) is 5.75 Å². The summed E-state index contributed by atoms with van der Waals surface area (Å²) in [6.45, 7) is 4.39. The zero-order valence-electron chi connectivity index (χ0n) is 25.0. The molecule has 1 aromatic carbocycles. The summed E-state index contributed by atoms with van der Waals surface area (Å²) < 4.78 is 17.6. The van der Waals surface area contributed by atoms with E-state index in [4.69, 9.17) is 4.74 Å². The van der Waals surface area contributed by atoms with Crippen molar-refractivity contribution in [1.29, 1.82) is 0 Å². The lowest BCUT2D eigenvalue weighted by Gasteiger charge is -2.33. The number of alkyl halides is 1. The van der Waals surface area contributed by atoms with E-state index in [1.54, 1.807) is 13.1 Å². The first-order valence-electron chi connectivity index (χ1n) is 15.6. The fourth-order valence-corrected chi connectivity index (χ4v) is 6.25. The normalized spacial score (nSPS) is 18.4. The number of ketones is 2. The number of Topliss-reactive ketones (excluding diaryl/α,β-unsaturated/α-hetero) is 2. The Labute approximate surface area is 249 Å². The monoisotopic (exact) mass is 579 g/mol. The molecule has 42 heavy (non-hydrogen) atoms. The predicted octanol–water partition coefficient (Wildman–Crippen LogP) is 5.26. The minimum absolute atomic E-state index is 0.0478. The third-order valence-corrected chi connectivity index (χ3v) is 8.70. The number of amides is 1. The number of nitrogens with zero attached hydrogens (tertiary/aromatic N) is 2. The molecule has 0 spiro atoms. The van der Waals surface area contributed by atoms with Crippen molar-refractivity contribution in [2.75, 3.05) is 39.5 Å². The largest absolute Gasteiger partial charge is 0.491 e. The summed E-state index contributed by atoms with van der Waals surface area (Å²) in [7, 11) is 0. The van der Waals surface area contributed by atoms with Gasteiger partial charge < -0.3 is 19.7 Å². The lowest BCUT2D eigenvalue weighted by molar-refractivity contribution is -0.135. The van der Waals surface area contributed by atoms with Crippen LogP contribution >= 0.6 is 0 Å². The molecule has 0 saturated carbocycles. The number of likely N-dealkylation sites (tertiary alicyclic amines) is 1. The molecule has 2 aliphatic rings. The second kappa shape index (κ2) is 16.5. The van der Waals surface area contributed by atoms with Gasteiger partial charge in [0.1, 0.15) is 30.6 Å². The molecular weight excluding hydrogens is 533 g/mol. The Bertz CT molecular complexity index is 1170. The van der Waals surface area contributed by atoms with Crippen molar-refractivity contribution in [3.8, 4) is 5.75 Å². The maximum Gasteiger partial charge on any atom is 0.222 e. The average Bonchev–Trinajstić information content (AvgIpc) is 3.02. The molecule has 0 radical (unpaired) electrons. The van der Waals surface area contributed by atoms with Gasteiger partial charge >= 0.3 is 0 Å². The van der Waals surface area contributed by atoms with Crippen molar-refractivity contribution in [3.05, 3.63) is 59.4 Å². The van der Waals surface area contributed by atoms with E-state index in [2.05, 4.69) is 16.4 Å². The Morgan fingerprint density at radius 1 is 1.05 bits per heavy atom. The highest BCUT2D eigenvalue weighted by Crippen LogP contribution is 2.29. The molecule has 1 aromatic heterocycles. The summed E-state index contributed by atoms with van der Waals surface area (Å²) in [5.74, 6) is 1.22. The fraction of sp³-hybridized carbons (Fsp3) is 0.588. The number of nitrogens with one attached hydrogen (secondary N) is 1. The third-order valence-electron chi connectivity index (χ3n) is 8.70. The Kier molecular flexibility index (Phi) is 12.5. The van der Waals surface area contributed by atoms with E-state index in [1.807, 2.05) is 35.4 Å². The summed E-state index contributed by atoms with van der Waals surface area (Å²) in [5, 5.41) is 3.38. The van der Waals surface area contributed by atoms with Crippen LogP contribution in [0, 0.1) is 11.8 Å². The van der Waals surface area contributed by atoms with Gasteiger partial charge in [-0.15, -0.1) is 0 Å². The van der Waals surface area contributed by atoms with Gasteiger partial charge in [-0.3, -0.25) is 14.6 Å². The number of halogens is 1. The topological polar surface area (TPSA) is 88.6 Å².